The van der Waals surface area contributed by atoms with Gasteiger partial charge < -0.3 is 10.1 Å². The summed E-state index contributed by atoms with van der Waals surface area (Å²) in [5.74, 6) is -0.295. The first kappa shape index (κ1) is 13.8. The SMILES string of the molecule is O=C(N/N=C/c1cc(Br)cc(Br)c1O)c1ccc[nH]1. The molecule has 1 aromatic carbocycles. The molecule has 1 aromatic heterocycles. The molecule has 0 aliphatic rings. The maximum atomic E-state index is 11.6. The molecule has 0 aliphatic carbocycles. The molecule has 2 aromatic rings. The number of hydrogen-bond donors (Lipinski definition) is 3. The van der Waals surface area contributed by atoms with Crippen molar-refractivity contribution in [1.82, 2.24) is 10.4 Å². The topological polar surface area (TPSA) is 77.5 Å². The van der Waals surface area contributed by atoms with Gasteiger partial charge in [-0.05, 0) is 40.2 Å². The van der Waals surface area contributed by atoms with Gasteiger partial charge >= 0.3 is 0 Å². The molecule has 0 saturated carbocycles. The Hall–Kier alpha value is -1.60. The lowest BCUT2D eigenvalue weighted by Crippen LogP contribution is -2.17. The first-order chi connectivity index (χ1) is 9.08. The van der Waals surface area contributed by atoms with Crippen molar-refractivity contribution in [1.29, 1.82) is 0 Å². The van der Waals surface area contributed by atoms with E-state index < -0.39 is 0 Å². The van der Waals surface area contributed by atoms with Crippen molar-refractivity contribution >= 4 is 44.0 Å². The number of rotatable bonds is 3. The number of carbonyl (C=O) groups excluding carboxylic acids is 1. The van der Waals surface area contributed by atoms with Gasteiger partial charge in [0.2, 0.25) is 0 Å². The summed E-state index contributed by atoms with van der Waals surface area (Å²) in [7, 11) is 0. The lowest BCUT2D eigenvalue weighted by atomic mass is 10.2. The number of amides is 1. The summed E-state index contributed by atoms with van der Waals surface area (Å²) in [4.78, 5) is 14.3. The minimum Gasteiger partial charge on any atom is -0.506 e. The van der Waals surface area contributed by atoms with E-state index in [1.807, 2.05) is 0 Å². The number of benzene rings is 1. The van der Waals surface area contributed by atoms with E-state index in [0.29, 0.717) is 15.7 Å². The Morgan fingerprint density at radius 3 is 2.89 bits per heavy atom. The largest absolute Gasteiger partial charge is 0.506 e. The lowest BCUT2D eigenvalue weighted by molar-refractivity contribution is 0.0951. The zero-order valence-electron chi connectivity index (χ0n) is 9.52. The number of nitrogens with zero attached hydrogens (tertiary/aromatic N) is 1. The van der Waals surface area contributed by atoms with Crippen LogP contribution in [0.3, 0.4) is 0 Å². The molecule has 1 amide bonds. The fourth-order valence-corrected chi connectivity index (χ4v) is 2.63. The highest BCUT2D eigenvalue weighted by Crippen LogP contribution is 2.30. The highest BCUT2D eigenvalue weighted by atomic mass is 79.9. The molecule has 19 heavy (non-hydrogen) atoms. The van der Waals surface area contributed by atoms with E-state index in [1.54, 1.807) is 30.5 Å². The second-order valence-electron chi connectivity index (χ2n) is 3.61. The van der Waals surface area contributed by atoms with E-state index >= 15 is 0 Å². The van der Waals surface area contributed by atoms with Gasteiger partial charge in [0.1, 0.15) is 11.4 Å². The summed E-state index contributed by atoms with van der Waals surface area (Å²) in [6.45, 7) is 0. The van der Waals surface area contributed by atoms with Crippen LogP contribution in [0.1, 0.15) is 16.1 Å². The van der Waals surface area contributed by atoms with Crippen LogP contribution in [0.25, 0.3) is 0 Å². The van der Waals surface area contributed by atoms with Crippen LogP contribution in [-0.4, -0.2) is 22.2 Å². The number of halogens is 2. The number of carbonyl (C=O) groups is 1. The molecule has 2 rings (SSSR count). The van der Waals surface area contributed by atoms with Gasteiger partial charge in [-0.25, -0.2) is 5.43 Å². The second-order valence-corrected chi connectivity index (χ2v) is 5.38. The molecule has 0 spiro atoms. The quantitative estimate of drug-likeness (QED) is 0.560. The molecular formula is C12H9Br2N3O2. The number of aromatic hydroxyl groups is 1. The molecule has 0 bridgehead atoms. The summed E-state index contributed by atoms with van der Waals surface area (Å²) >= 11 is 6.52. The molecule has 0 aliphatic heterocycles. The number of hydrazone groups is 1. The van der Waals surface area contributed by atoms with Gasteiger partial charge in [-0.3, -0.25) is 4.79 Å². The standard InChI is InChI=1S/C12H9Br2N3O2/c13-8-4-7(11(18)9(14)5-8)6-16-17-12(19)10-2-1-3-15-10/h1-6,15,18H,(H,17,19)/b16-6+. The molecule has 7 heteroatoms. The van der Waals surface area contributed by atoms with Gasteiger partial charge in [0.05, 0.1) is 10.7 Å². The third kappa shape index (κ3) is 3.45. The van der Waals surface area contributed by atoms with Crippen molar-refractivity contribution in [3.8, 4) is 5.75 Å². The zero-order valence-corrected chi connectivity index (χ0v) is 12.7. The summed E-state index contributed by atoms with van der Waals surface area (Å²) in [5, 5.41) is 13.6. The van der Waals surface area contributed by atoms with Gasteiger partial charge in [0.25, 0.3) is 5.91 Å². The maximum Gasteiger partial charge on any atom is 0.287 e. The average Bonchev–Trinajstić information content (AvgIpc) is 2.88. The van der Waals surface area contributed by atoms with Crippen LogP contribution < -0.4 is 5.43 Å². The van der Waals surface area contributed by atoms with E-state index in [1.165, 1.54) is 6.21 Å². The van der Waals surface area contributed by atoms with Gasteiger partial charge in [0, 0.05) is 16.2 Å². The van der Waals surface area contributed by atoms with E-state index in [2.05, 4.69) is 47.4 Å². The van der Waals surface area contributed by atoms with Crippen molar-refractivity contribution in [2.24, 2.45) is 5.10 Å². The van der Waals surface area contributed by atoms with Crippen LogP contribution in [0.5, 0.6) is 5.75 Å². The molecule has 5 nitrogen and oxygen atoms in total. The van der Waals surface area contributed by atoms with E-state index in [-0.39, 0.29) is 11.7 Å². The number of phenolic OH excluding ortho intramolecular Hbond substituents is 1. The molecule has 98 valence electrons. The third-order valence-corrected chi connectivity index (χ3v) is 3.33. The summed E-state index contributed by atoms with van der Waals surface area (Å²) < 4.78 is 1.33. The van der Waals surface area contributed by atoms with Crippen molar-refractivity contribution in [2.45, 2.75) is 0 Å². The minimum atomic E-state index is -0.352. The van der Waals surface area contributed by atoms with Crippen LogP contribution in [0.15, 0.2) is 44.5 Å². The van der Waals surface area contributed by atoms with Crippen molar-refractivity contribution in [3.05, 3.63) is 50.7 Å². The predicted octanol–water partition coefficient (Wildman–Crippen LogP) is 3.01. The molecule has 0 atom stereocenters. The Balaban J connectivity index is 2.09. The Morgan fingerprint density at radius 1 is 1.42 bits per heavy atom. The molecule has 1 heterocycles. The smallest absolute Gasteiger partial charge is 0.287 e. The van der Waals surface area contributed by atoms with E-state index in [9.17, 15) is 9.90 Å². The number of aromatic nitrogens is 1. The normalized spacial score (nSPS) is 10.8. The molecule has 0 radical (unpaired) electrons. The highest BCUT2D eigenvalue weighted by Gasteiger charge is 2.06. The second kappa shape index (κ2) is 6.03. The van der Waals surface area contributed by atoms with E-state index in [4.69, 9.17) is 0 Å². The average molecular weight is 387 g/mol. The van der Waals surface area contributed by atoms with Crippen LogP contribution in [0.4, 0.5) is 0 Å². The van der Waals surface area contributed by atoms with Crippen molar-refractivity contribution in [2.75, 3.05) is 0 Å². The maximum absolute atomic E-state index is 11.6. The lowest BCUT2D eigenvalue weighted by Gasteiger charge is -2.02. The Kier molecular flexibility index (Phi) is 4.39. The highest BCUT2D eigenvalue weighted by molar-refractivity contribution is 9.11. The number of nitrogens with one attached hydrogen (secondary N) is 2. The molecule has 3 N–H and O–H groups in total. The number of H-pyrrole nitrogens is 1. The van der Waals surface area contributed by atoms with Gasteiger partial charge in [0.15, 0.2) is 0 Å². The van der Waals surface area contributed by atoms with Crippen LogP contribution in [0.2, 0.25) is 0 Å². The van der Waals surface area contributed by atoms with Gasteiger partial charge in [-0.1, -0.05) is 15.9 Å². The Labute approximate surface area is 126 Å². The Bertz CT molecular complexity index is 624. The Morgan fingerprint density at radius 2 is 2.21 bits per heavy atom. The van der Waals surface area contributed by atoms with E-state index in [0.717, 1.165) is 4.47 Å². The number of aromatic amines is 1. The third-order valence-electron chi connectivity index (χ3n) is 2.27. The summed E-state index contributed by atoms with van der Waals surface area (Å²) in [6.07, 6.45) is 3.02. The van der Waals surface area contributed by atoms with Crippen LogP contribution in [0, 0.1) is 0 Å². The minimum absolute atomic E-state index is 0.0565. The number of phenols is 1. The van der Waals surface area contributed by atoms with Crippen LogP contribution in [-0.2, 0) is 0 Å². The molecule has 0 fully saturated rings. The van der Waals surface area contributed by atoms with Gasteiger partial charge in [-0.2, -0.15) is 5.10 Å². The van der Waals surface area contributed by atoms with Crippen molar-refractivity contribution < 1.29 is 9.90 Å². The number of hydrogen-bond acceptors (Lipinski definition) is 3. The van der Waals surface area contributed by atoms with Crippen LogP contribution >= 0.6 is 31.9 Å². The molecule has 0 unspecified atom stereocenters. The zero-order chi connectivity index (χ0) is 13.8. The summed E-state index contributed by atoms with van der Waals surface area (Å²) in [6, 6.07) is 6.75. The monoisotopic (exact) mass is 385 g/mol. The van der Waals surface area contributed by atoms with Gasteiger partial charge in [-0.15, -0.1) is 0 Å². The fraction of sp³-hybridized carbons (Fsp3) is 0. The molecule has 0 saturated heterocycles. The summed E-state index contributed by atoms with van der Waals surface area (Å²) in [5.41, 5.74) is 3.25. The van der Waals surface area contributed by atoms with Crippen molar-refractivity contribution in [3.63, 3.8) is 0 Å². The molecular weight excluding hydrogens is 378 g/mol. The predicted molar refractivity (Wildman–Crippen MR) is 79.4 cm³/mol. The fourth-order valence-electron chi connectivity index (χ4n) is 1.38. The first-order valence-electron chi connectivity index (χ1n) is 5.22. The first-order valence-corrected chi connectivity index (χ1v) is 6.81.